The Morgan fingerprint density at radius 2 is 1.48 bits per heavy atom. The average Bonchev–Trinajstić information content (AvgIpc) is 2.67. The lowest BCUT2D eigenvalue weighted by molar-refractivity contribution is 0.269. The first-order valence-corrected chi connectivity index (χ1v) is 10.5. The van der Waals surface area contributed by atoms with Crippen molar-refractivity contribution in [2.24, 2.45) is 0 Å². The van der Waals surface area contributed by atoms with Gasteiger partial charge in [-0.1, -0.05) is 58.5 Å². The van der Waals surface area contributed by atoms with Crippen molar-refractivity contribution in [2.75, 3.05) is 11.9 Å². The minimum atomic E-state index is 0.247. The molecule has 0 saturated heterocycles. The molecule has 0 amide bonds. The second-order valence-electron chi connectivity index (χ2n) is 6.21. The summed E-state index contributed by atoms with van der Waals surface area (Å²) in [6.07, 6.45) is 0. The Kier molecular flexibility index (Phi) is 7.79. The number of nitrogens with one attached hydrogen (secondary N) is 1. The summed E-state index contributed by atoms with van der Waals surface area (Å²) in [5, 5.41) is 5.60. The van der Waals surface area contributed by atoms with Crippen molar-refractivity contribution in [1.82, 2.24) is 0 Å². The number of halogens is 4. The molecule has 0 fully saturated rings. The van der Waals surface area contributed by atoms with Crippen LogP contribution in [0.4, 0.5) is 5.69 Å². The normalized spacial score (nSPS) is 10.7. The molecule has 0 saturated carbocycles. The van der Waals surface area contributed by atoms with Crippen LogP contribution in [0.15, 0.2) is 54.6 Å². The third kappa shape index (κ3) is 6.10. The van der Waals surface area contributed by atoms with Crippen molar-refractivity contribution in [3.05, 3.63) is 85.8 Å². The molecule has 3 aromatic carbocycles. The van der Waals surface area contributed by atoms with Gasteiger partial charge in [0.25, 0.3) is 0 Å². The van der Waals surface area contributed by atoms with E-state index < -0.39 is 0 Å². The fourth-order valence-electron chi connectivity index (χ4n) is 2.73. The highest BCUT2D eigenvalue weighted by molar-refractivity contribution is 6.36. The summed E-state index contributed by atoms with van der Waals surface area (Å²) < 4.78 is 11.7. The Morgan fingerprint density at radius 3 is 2.14 bits per heavy atom. The van der Waals surface area contributed by atoms with Crippen LogP contribution in [0.5, 0.6) is 11.5 Å². The highest BCUT2D eigenvalue weighted by Gasteiger charge is 2.11. The zero-order chi connectivity index (χ0) is 20.8. The van der Waals surface area contributed by atoms with Crippen LogP contribution in [0.25, 0.3) is 0 Å². The van der Waals surface area contributed by atoms with Crippen LogP contribution in [-0.4, -0.2) is 6.61 Å². The topological polar surface area (TPSA) is 30.5 Å². The van der Waals surface area contributed by atoms with Gasteiger partial charge in [0.05, 0.1) is 6.61 Å². The van der Waals surface area contributed by atoms with Crippen molar-refractivity contribution in [3.8, 4) is 11.5 Å². The Labute approximate surface area is 190 Å². The first kappa shape index (κ1) is 21.9. The van der Waals surface area contributed by atoms with E-state index in [1.165, 1.54) is 0 Å². The Bertz CT molecular complexity index is 954. The third-order valence-electron chi connectivity index (χ3n) is 4.10. The van der Waals surface area contributed by atoms with E-state index in [4.69, 9.17) is 55.9 Å². The van der Waals surface area contributed by atoms with E-state index in [0.717, 1.165) is 16.8 Å². The second-order valence-corrected chi connectivity index (χ2v) is 7.90. The molecule has 0 unspecified atom stereocenters. The van der Waals surface area contributed by atoms with Crippen molar-refractivity contribution >= 4 is 52.1 Å². The number of rotatable bonds is 8. The molecule has 152 valence electrons. The molecule has 0 bridgehead atoms. The molecular formula is C22H19Cl4NO2. The van der Waals surface area contributed by atoms with Crippen LogP contribution in [0, 0.1) is 0 Å². The van der Waals surface area contributed by atoms with Crippen molar-refractivity contribution in [3.63, 3.8) is 0 Å². The predicted octanol–water partition coefficient (Wildman–Crippen LogP) is 7.89. The summed E-state index contributed by atoms with van der Waals surface area (Å²) in [6, 6.07) is 16.5. The monoisotopic (exact) mass is 469 g/mol. The molecule has 0 aliphatic carbocycles. The first-order chi connectivity index (χ1) is 14.0. The average molecular weight is 471 g/mol. The van der Waals surface area contributed by atoms with E-state index >= 15 is 0 Å². The van der Waals surface area contributed by atoms with Crippen LogP contribution < -0.4 is 14.8 Å². The van der Waals surface area contributed by atoms with E-state index in [9.17, 15) is 0 Å². The number of benzene rings is 3. The van der Waals surface area contributed by atoms with E-state index in [1.807, 2.05) is 37.3 Å². The van der Waals surface area contributed by atoms with Gasteiger partial charge in [-0.25, -0.2) is 0 Å². The molecule has 0 heterocycles. The maximum absolute atomic E-state index is 6.22. The van der Waals surface area contributed by atoms with Crippen LogP contribution in [0.2, 0.25) is 20.1 Å². The minimum absolute atomic E-state index is 0.247. The second kappa shape index (κ2) is 10.3. The van der Waals surface area contributed by atoms with E-state index in [2.05, 4.69) is 5.32 Å². The van der Waals surface area contributed by atoms with Gasteiger partial charge < -0.3 is 14.8 Å². The number of hydrogen-bond acceptors (Lipinski definition) is 3. The lowest BCUT2D eigenvalue weighted by Crippen LogP contribution is -2.03. The molecule has 3 aromatic rings. The summed E-state index contributed by atoms with van der Waals surface area (Å²) >= 11 is 24.5. The van der Waals surface area contributed by atoms with Crippen LogP contribution in [0.3, 0.4) is 0 Å². The number of hydrogen-bond donors (Lipinski definition) is 1. The fraction of sp³-hybridized carbons (Fsp3) is 0.182. The summed E-state index contributed by atoms with van der Waals surface area (Å²) in [4.78, 5) is 0. The molecule has 0 radical (unpaired) electrons. The van der Waals surface area contributed by atoms with E-state index in [-0.39, 0.29) is 6.61 Å². The maximum atomic E-state index is 6.22. The SMILES string of the molecule is CCOc1cc(CNc2cc(Cl)cc(Cl)c2)ccc1OCc1c(Cl)cccc1Cl. The summed E-state index contributed by atoms with van der Waals surface area (Å²) in [6.45, 7) is 3.27. The van der Waals surface area contributed by atoms with Gasteiger partial charge in [0.1, 0.15) is 6.61 Å². The van der Waals surface area contributed by atoms with Crippen molar-refractivity contribution in [1.29, 1.82) is 0 Å². The molecule has 0 aromatic heterocycles. The number of ether oxygens (including phenoxy) is 2. The highest BCUT2D eigenvalue weighted by atomic mass is 35.5. The summed E-state index contributed by atoms with van der Waals surface area (Å²) in [7, 11) is 0. The molecule has 1 N–H and O–H groups in total. The fourth-order valence-corrected chi connectivity index (χ4v) is 3.76. The molecular weight excluding hydrogens is 452 g/mol. The minimum Gasteiger partial charge on any atom is -0.490 e. The smallest absolute Gasteiger partial charge is 0.161 e. The summed E-state index contributed by atoms with van der Waals surface area (Å²) in [5.41, 5.74) is 2.60. The molecule has 0 aliphatic heterocycles. The molecule has 0 spiro atoms. The van der Waals surface area contributed by atoms with Gasteiger partial charge >= 0.3 is 0 Å². The molecule has 0 aliphatic rings. The highest BCUT2D eigenvalue weighted by Crippen LogP contribution is 2.32. The van der Waals surface area contributed by atoms with E-state index in [1.54, 1.807) is 24.3 Å². The number of anilines is 1. The lowest BCUT2D eigenvalue weighted by Gasteiger charge is -2.15. The lowest BCUT2D eigenvalue weighted by atomic mass is 10.2. The third-order valence-corrected chi connectivity index (χ3v) is 5.25. The van der Waals surface area contributed by atoms with Gasteiger partial charge in [-0.3, -0.25) is 0 Å². The largest absolute Gasteiger partial charge is 0.490 e. The van der Waals surface area contributed by atoms with Crippen LogP contribution >= 0.6 is 46.4 Å². The Hall–Kier alpha value is -1.78. The first-order valence-electron chi connectivity index (χ1n) is 8.97. The van der Waals surface area contributed by atoms with Gasteiger partial charge in [0, 0.05) is 37.9 Å². The summed E-state index contributed by atoms with van der Waals surface area (Å²) in [5.74, 6) is 1.27. The molecule has 3 rings (SSSR count). The van der Waals surface area contributed by atoms with Crippen molar-refractivity contribution < 1.29 is 9.47 Å². The molecule has 3 nitrogen and oxygen atoms in total. The zero-order valence-electron chi connectivity index (χ0n) is 15.6. The quantitative estimate of drug-likeness (QED) is 0.363. The van der Waals surface area contributed by atoms with E-state index in [0.29, 0.717) is 44.7 Å². The van der Waals surface area contributed by atoms with Gasteiger partial charge in [-0.05, 0) is 55.0 Å². The molecule has 7 heteroatoms. The van der Waals surface area contributed by atoms with Gasteiger partial charge in [-0.2, -0.15) is 0 Å². The Balaban J connectivity index is 1.72. The van der Waals surface area contributed by atoms with Crippen LogP contribution in [0.1, 0.15) is 18.1 Å². The Morgan fingerprint density at radius 1 is 0.793 bits per heavy atom. The maximum Gasteiger partial charge on any atom is 0.161 e. The standard InChI is InChI=1S/C22H19Cl4NO2/c1-2-28-22-8-14(12-27-17-10-15(23)9-16(24)11-17)6-7-21(22)29-13-18-19(25)4-3-5-20(18)26/h3-11,27H,2,12-13H2,1H3. The molecule has 0 atom stereocenters. The van der Waals surface area contributed by atoms with Crippen molar-refractivity contribution in [2.45, 2.75) is 20.1 Å². The van der Waals surface area contributed by atoms with Gasteiger partial charge in [-0.15, -0.1) is 0 Å². The molecule has 29 heavy (non-hydrogen) atoms. The predicted molar refractivity (Wildman–Crippen MR) is 122 cm³/mol. The van der Waals surface area contributed by atoms with Crippen LogP contribution in [-0.2, 0) is 13.2 Å². The van der Waals surface area contributed by atoms with Gasteiger partial charge in [0.15, 0.2) is 11.5 Å². The van der Waals surface area contributed by atoms with Gasteiger partial charge in [0.2, 0.25) is 0 Å². The zero-order valence-corrected chi connectivity index (χ0v) is 18.7.